The van der Waals surface area contributed by atoms with E-state index in [1.807, 2.05) is 0 Å². The standard InChI is InChI=1S/C16H24BrNO/c1-3-4-16(11-19-2)18-15-8-6-12-9-14(17)7-5-13(12)10-15/h5,7,9,15-16,18H,3-4,6,8,10-11H2,1-2H3. The van der Waals surface area contributed by atoms with Gasteiger partial charge in [0.1, 0.15) is 0 Å². The molecular weight excluding hydrogens is 302 g/mol. The quantitative estimate of drug-likeness (QED) is 0.860. The van der Waals surface area contributed by atoms with Crippen molar-refractivity contribution in [3.05, 3.63) is 33.8 Å². The summed E-state index contributed by atoms with van der Waals surface area (Å²) in [6.07, 6.45) is 5.95. The third-order valence-electron chi connectivity index (χ3n) is 3.87. The Kier molecular flexibility index (Phi) is 5.86. The van der Waals surface area contributed by atoms with Crippen LogP contribution in [0.2, 0.25) is 0 Å². The van der Waals surface area contributed by atoms with Crippen molar-refractivity contribution in [3.8, 4) is 0 Å². The fourth-order valence-corrected chi connectivity index (χ4v) is 3.37. The fraction of sp³-hybridized carbons (Fsp3) is 0.625. The average molecular weight is 326 g/mol. The van der Waals surface area contributed by atoms with E-state index in [4.69, 9.17) is 4.74 Å². The van der Waals surface area contributed by atoms with Gasteiger partial charge in [-0.25, -0.2) is 0 Å². The smallest absolute Gasteiger partial charge is 0.0615 e. The van der Waals surface area contributed by atoms with Crippen LogP contribution in [-0.4, -0.2) is 25.8 Å². The first-order valence-corrected chi connectivity index (χ1v) is 8.04. The number of hydrogen-bond acceptors (Lipinski definition) is 2. The zero-order valence-electron chi connectivity index (χ0n) is 11.9. The van der Waals surface area contributed by atoms with Crippen LogP contribution in [0.1, 0.15) is 37.3 Å². The van der Waals surface area contributed by atoms with Gasteiger partial charge in [0.2, 0.25) is 0 Å². The van der Waals surface area contributed by atoms with Gasteiger partial charge in [-0.15, -0.1) is 0 Å². The van der Waals surface area contributed by atoms with Gasteiger partial charge in [0.25, 0.3) is 0 Å². The molecule has 0 aliphatic heterocycles. The molecular formula is C16H24BrNO. The van der Waals surface area contributed by atoms with Crippen LogP contribution in [-0.2, 0) is 17.6 Å². The Morgan fingerprint density at radius 3 is 3.00 bits per heavy atom. The molecule has 1 aromatic rings. The van der Waals surface area contributed by atoms with Gasteiger partial charge < -0.3 is 10.1 Å². The predicted molar refractivity (Wildman–Crippen MR) is 83.7 cm³/mol. The van der Waals surface area contributed by atoms with Crippen molar-refractivity contribution in [2.75, 3.05) is 13.7 Å². The van der Waals surface area contributed by atoms with Crippen molar-refractivity contribution in [1.29, 1.82) is 0 Å². The van der Waals surface area contributed by atoms with Gasteiger partial charge in [0.05, 0.1) is 6.61 Å². The largest absolute Gasteiger partial charge is 0.383 e. The molecule has 2 atom stereocenters. The third-order valence-corrected chi connectivity index (χ3v) is 4.37. The van der Waals surface area contributed by atoms with Gasteiger partial charge >= 0.3 is 0 Å². The third kappa shape index (κ3) is 4.30. The SMILES string of the molecule is CCCC(COC)NC1CCc2cc(Br)ccc2C1. The Balaban J connectivity index is 1.95. The minimum Gasteiger partial charge on any atom is -0.383 e. The number of nitrogens with one attached hydrogen (secondary N) is 1. The normalized spacial score (nSPS) is 20.1. The molecule has 0 fully saturated rings. The summed E-state index contributed by atoms with van der Waals surface area (Å²) < 4.78 is 6.51. The Bertz CT molecular complexity index is 402. The van der Waals surface area contributed by atoms with Crippen molar-refractivity contribution in [2.45, 2.75) is 51.1 Å². The summed E-state index contributed by atoms with van der Waals surface area (Å²) in [6.45, 7) is 3.05. The number of rotatable bonds is 6. The number of hydrogen-bond donors (Lipinski definition) is 1. The van der Waals surface area contributed by atoms with Crippen LogP contribution >= 0.6 is 15.9 Å². The van der Waals surface area contributed by atoms with Crippen molar-refractivity contribution in [1.82, 2.24) is 5.32 Å². The van der Waals surface area contributed by atoms with E-state index < -0.39 is 0 Å². The molecule has 3 heteroatoms. The molecule has 0 saturated carbocycles. The molecule has 1 aromatic carbocycles. The Morgan fingerprint density at radius 2 is 2.26 bits per heavy atom. The number of ether oxygens (including phenoxy) is 1. The molecule has 2 rings (SSSR count). The molecule has 1 N–H and O–H groups in total. The molecule has 0 saturated heterocycles. The lowest BCUT2D eigenvalue weighted by molar-refractivity contribution is 0.154. The molecule has 0 bridgehead atoms. The topological polar surface area (TPSA) is 21.3 Å². The predicted octanol–water partition coefficient (Wildman–Crippen LogP) is 3.71. The van der Waals surface area contributed by atoms with Crippen LogP contribution < -0.4 is 5.32 Å². The number of fused-ring (bicyclic) bond motifs is 1. The Labute approximate surface area is 125 Å². The first-order chi connectivity index (χ1) is 9.22. The second kappa shape index (κ2) is 7.41. The summed E-state index contributed by atoms with van der Waals surface area (Å²) in [4.78, 5) is 0. The van der Waals surface area contributed by atoms with Gasteiger partial charge in [-0.2, -0.15) is 0 Å². The minimum atomic E-state index is 0.497. The summed E-state index contributed by atoms with van der Waals surface area (Å²) in [5.41, 5.74) is 3.01. The van der Waals surface area contributed by atoms with Crippen LogP contribution in [0.5, 0.6) is 0 Å². The second-order valence-corrected chi connectivity index (χ2v) is 6.38. The van der Waals surface area contributed by atoms with Gasteiger partial charge in [0.15, 0.2) is 0 Å². The summed E-state index contributed by atoms with van der Waals surface area (Å²) in [6, 6.07) is 7.78. The maximum absolute atomic E-state index is 5.31. The first kappa shape index (κ1) is 15.0. The molecule has 106 valence electrons. The van der Waals surface area contributed by atoms with Gasteiger partial charge in [-0.1, -0.05) is 35.3 Å². The lowest BCUT2D eigenvalue weighted by Crippen LogP contribution is -2.43. The van der Waals surface area contributed by atoms with Crippen molar-refractivity contribution < 1.29 is 4.74 Å². The van der Waals surface area contributed by atoms with Gasteiger partial charge in [-0.05, 0) is 48.9 Å². The van der Waals surface area contributed by atoms with Crippen LogP contribution in [0.4, 0.5) is 0 Å². The molecule has 1 aliphatic carbocycles. The highest BCUT2D eigenvalue weighted by molar-refractivity contribution is 9.10. The van der Waals surface area contributed by atoms with E-state index in [1.54, 1.807) is 7.11 Å². The molecule has 0 spiro atoms. The maximum atomic E-state index is 5.31. The number of benzene rings is 1. The monoisotopic (exact) mass is 325 g/mol. The van der Waals surface area contributed by atoms with E-state index >= 15 is 0 Å². The van der Waals surface area contributed by atoms with Gasteiger partial charge in [-0.3, -0.25) is 0 Å². The van der Waals surface area contributed by atoms with E-state index in [9.17, 15) is 0 Å². The van der Waals surface area contributed by atoms with Crippen LogP contribution in [0.15, 0.2) is 22.7 Å². The molecule has 0 heterocycles. The van der Waals surface area contributed by atoms with E-state index in [2.05, 4.69) is 46.4 Å². The van der Waals surface area contributed by atoms with E-state index in [0.29, 0.717) is 12.1 Å². The minimum absolute atomic E-state index is 0.497. The van der Waals surface area contributed by atoms with E-state index in [0.717, 1.165) is 13.0 Å². The molecule has 0 amide bonds. The fourth-order valence-electron chi connectivity index (χ4n) is 2.96. The second-order valence-electron chi connectivity index (χ2n) is 5.46. The Morgan fingerprint density at radius 1 is 1.42 bits per heavy atom. The molecule has 2 nitrogen and oxygen atoms in total. The van der Waals surface area contributed by atoms with Gasteiger partial charge in [0, 0.05) is 23.7 Å². The zero-order valence-corrected chi connectivity index (χ0v) is 13.5. The molecule has 0 aromatic heterocycles. The summed E-state index contributed by atoms with van der Waals surface area (Å²) in [5.74, 6) is 0. The Hall–Kier alpha value is -0.380. The van der Waals surface area contributed by atoms with Crippen molar-refractivity contribution in [2.24, 2.45) is 0 Å². The zero-order chi connectivity index (χ0) is 13.7. The number of methoxy groups -OCH3 is 1. The van der Waals surface area contributed by atoms with Crippen molar-refractivity contribution >= 4 is 15.9 Å². The summed E-state index contributed by atoms with van der Waals surface area (Å²) >= 11 is 3.55. The highest BCUT2D eigenvalue weighted by atomic mass is 79.9. The molecule has 0 radical (unpaired) electrons. The summed E-state index contributed by atoms with van der Waals surface area (Å²) in [7, 11) is 1.79. The van der Waals surface area contributed by atoms with Crippen LogP contribution in [0.25, 0.3) is 0 Å². The maximum Gasteiger partial charge on any atom is 0.0615 e. The van der Waals surface area contributed by atoms with Crippen molar-refractivity contribution in [3.63, 3.8) is 0 Å². The molecule has 19 heavy (non-hydrogen) atoms. The van der Waals surface area contributed by atoms with E-state index in [-0.39, 0.29) is 0 Å². The van der Waals surface area contributed by atoms with E-state index in [1.165, 1.54) is 41.3 Å². The lowest BCUT2D eigenvalue weighted by Gasteiger charge is -2.29. The first-order valence-electron chi connectivity index (χ1n) is 7.25. The molecule has 1 aliphatic rings. The van der Waals surface area contributed by atoms with Crippen LogP contribution in [0.3, 0.4) is 0 Å². The molecule has 2 unspecified atom stereocenters. The summed E-state index contributed by atoms with van der Waals surface area (Å²) in [5, 5.41) is 3.78. The average Bonchev–Trinajstić information content (AvgIpc) is 2.39. The number of halogens is 1. The lowest BCUT2D eigenvalue weighted by atomic mass is 9.88. The number of aryl methyl sites for hydroxylation is 1. The highest BCUT2D eigenvalue weighted by Crippen LogP contribution is 2.25. The van der Waals surface area contributed by atoms with Crippen LogP contribution in [0, 0.1) is 0 Å². The highest BCUT2D eigenvalue weighted by Gasteiger charge is 2.21.